The number of rotatable bonds is 26. The van der Waals surface area contributed by atoms with Gasteiger partial charge >= 0.3 is 0 Å². The van der Waals surface area contributed by atoms with Gasteiger partial charge in [-0.05, 0) is 12.8 Å². The molecule has 0 spiro atoms. The van der Waals surface area contributed by atoms with Crippen LogP contribution in [0.5, 0.6) is 0 Å². The molecule has 0 saturated carbocycles. The van der Waals surface area contributed by atoms with E-state index < -0.39 is 6.10 Å². The minimum Gasteiger partial charge on any atom is -0.385 e. The Balaban J connectivity index is 3.43. The number of carbonyl (C=O) groups is 1. The first-order chi connectivity index (χ1) is 16.4. The van der Waals surface area contributed by atoms with Crippen LogP contribution in [0.2, 0.25) is 0 Å². The molecule has 0 saturated heterocycles. The average molecular weight is 486 g/mol. The molecule has 0 aromatic carbocycles. The second kappa shape index (κ2) is 24.1. The van der Waals surface area contributed by atoms with Crippen molar-refractivity contribution in [3.05, 3.63) is 0 Å². The highest BCUT2D eigenvalue weighted by molar-refractivity contribution is 5.75. The minimum atomic E-state index is -0.429. The number of amides is 1. The third kappa shape index (κ3) is 24.5. The third-order valence-corrected chi connectivity index (χ3v) is 6.63. The molecule has 0 aromatic heterocycles. The fourth-order valence-electron chi connectivity index (χ4n) is 4.56. The summed E-state index contributed by atoms with van der Waals surface area (Å²) in [5.74, 6) is 0.188. The Kier molecular flexibility index (Phi) is 23.6. The van der Waals surface area contributed by atoms with Crippen molar-refractivity contribution in [1.29, 1.82) is 0 Å². The zero-order valence-corrected chi connectivity index (χ0v) is 23.6. The second-order valence-electron chi connectivity index (χ2n) is 11.0. The van der Waals surface area contributed by atoms with Crippen LogP contribution in [-0.2, 0) is 9.53 Å². The van der Waals surface area contributed by atoms with Crippen molar-refractivity contribution in [3.63, 3.8) is 0 Å². The lowest BCUT2D eigenvalue weighted by molar-refractivity contribution is -0.893. The zero-order valence-electron chi connectivity index (χ0n) is 23.6. The highest BCUT2D eigenvalue weighted by Crippen LogP contribution is 2.13. The van der Waals surface area contributed by atoms with Crippen LogP contribution in [-0.4, -0.2) is 68.5 Å². The standard InChI is InChI=1S/C29H60N2O3/c1-5-7-8-9-10-11-12-13-14-15-16-17-18-19-20-22-29(33)30-23-21-24-31(3,4)26-28(32)27-34-25-6-2/h28,32H,5-27H2,1-4H3/p+1. The summed E-state index contributed by atoms with van der Waals surface area (Å²) in [7, 11) is 4.25. The van der Waals surface area contributed by atoms with Crippen molar-refractivity contribution in [1.82, 2.24) is 5.32 Å². The number of hydrogen-bond donors (Lipinski definition) is 2. The van der Waals surface area contributed by atoms with E-state index in [2.05, 4.69) is 33.3 Å². The van der Waals surface area contributed by atoms with E-state index in [0.717, 1.165) is 36.8 Å². The van der Waals surface area contributed by atoms with E-state index in [-0.39, 0.29) is 5.91 Å². The Morgan fingerprint density at radius 3 is 1.76 bits per heavy atom. The predicted molar refractivity (Wildman–Crippen MR) is 146 cm³/mol. The van der Waals surface area contributed by atoms with E-state index in [1.54, 1.807) is 0 Å². The normalized spacial score (nSPS) is 12.7. The van der Waals surface area contributed by atoms with E-state index in [1.807, 2.05) is 0 Å². The maximum absolute atomic E-state index is 12.1. The van der Waals surface area contributed by atoms with Crippen LogP contribution in [0.1, 0.15) is 129 Å². The van der Waals surface area contributed by atoms with E-state index in [4.69, 9.17) is 4.74 Å². The molecule has 5 nitrogen and oxygen atoms in total. The quantitative estimate of drug-likeness (QED) is 0.107. The smallest absolute Gasteiger partial charge is 0.219 e. The van der Waals surface area contributed by atoms with Crippen molar-refractivity contribution < 1.29 is 19.1 Å². The molecule has 0 aliphatic carbocycles. The summed E-state index contributed by atoms with van der Waals surface area (Å²) in [4.78, 5) is 12.1. The van der Waals surface area contributed by atoms with Crippen molar-refractivity contribution in [2.24, 2.45) is 0 Å². The first-order valence-corrected chi connectivity index (χ1v) is 14.8. The van der Waals surface area contributed by atoms with Crippen LogP contribution in [0.4, 0.5) is 0 Å². The number of hydrogen-bond acceptors (Lipinski definition) is 3. The van der Waals surface area contributed by atoms with Crippen LogP contribution < -0.4 is 5.32 Å². The Bertz CT molecular complexity index is 443. The fraction of sp³-hybridized carbons (Fsp3) is 0.966. The lowest BCUT2D eigenvalue weighted by atomic mass is 10.0. The molecule has 204 valence electrons. The Morgan fingerprint density at radius 1 is 0.765 bits per heavy atom. The number of ether oxygens (including phenoxy) is 1. The lowest BCUT2D eigenvalue weighted by Crippen LogP contribution is -2.47. The number of aliphatic hydroxyl groups is 1. The van der Waals surface area contributed by atoms with Crippen molar-refractivity contribution in [3.8, 4) is 0 Å². The monoisotopic (exact) mass is 485 g/mol. The molecule has 0 aromatic rings. The third-order valence-electron chi connectivity index (χ3n) is 6.63. The highest BCUT2D eigenvalue weighted by Gasteiger charge is 2.20. The molecular formula is C29H61N2O3+. The molecule has 1 amide bonds. The van der Waals surface area contributed by atoms with E-state index in [1.165, 1.54) is 89.9 Å². The number of quaternary nitrogens is 1. The molecule has 2 N–H and O–H groups in total. The van der Waals surface area contributed by atoms with Crippen molar-refractivity contribution >= 4 is 5.91 Å². The van der Waals surface area contributed by atoms with Gasteiger partial charge < -0.3 is 19.6 Å². The Hall–Kier alpha value is -0.650. The number of carbonyl (C=O) groups excluding carboxylic acids is 1. The lowest BCUT2D eigenvalue weighted by Gasteiger charge is -2.31. The number of unbranched alkanes of at least 4 members (excludes halogenated alkanes) is 14. The van der Waals surface area contributed by atoms with E-state index in [0.29, 0.717) is 26.2 Å². The minimum absolute atomic E-state index is 0.188. The molecule has 1 unspecified atom stereocenters. The fourth-order valence-corrected chi connectivity index (χ4v) is 4.56. The van der Waals surface area contributed by atoms with Crippen molar-refractivity contribution in [2.75, 3.05) is 46.9 Å². The van der Waals surface area contributed by atoms with Gasteiger partial charge in [0.1, 0.15) is 12.6 Å². The number of nitrogens with one attached hydrogen (secondary N) is 1. The van der Waals surface area contributed by atoms with Crippen LogP contribution in [0.25, 0.3) is 0 Å². The number of nitrogens with zero attached hydrogens (tertiary/aromatic N) is 1. The molecule has 34 heavy (non-hydrogen) atoms. The summed E-state index contributed by atoms with van der Waals surface area (Å²) < 4.78 is 6.18. The summed E-state index contributed by atoms with van der Waals surface area (Å²) in [5, 5.41) is 13.2. The maximum Gasteiger partial charge on any atom is 0.219 e. The van der Waals surface area contributed by atoms with Gasteiger partial charge in [-0.15, -0.1) is 0 Å². The molecule has 0 bridgehead atoms. The van der Waals surface area contributed by atoms with Gasteiger partial charge in [-0.1, -0.05) is 104 Å². The van der Waals surface area contributed by atoms with Crippen LogP contribution >= 0.6 is 0 Å². The number of likely N-dealkylation sites (N-methyl/N-ethyl adjacent to an activating group) is 1. The van der Waals surface area contributed by atoms with Gasteiger partial charge in [-0.3, -0.25) is 4.79 Å². The molecular weight excluding hydrogens is 424 g/mol. The maximum atomic E-state index is 12.1. The van der Waals surface area contributed by atoms with Gasteiger partial charge in [0.2, 0.25) is 5.91 Å². The van der Waals surface area contributed by atoms with E-state index >= 15 is 0 Å². The molecule has 0 aliphatic heterocycles. The Morgan fingerprint density at radius 2 is 1.26 bits per heavy atom. The molecule has 0 radical (unpaired) electrons. The van der Waals surface area contributed by atoms with Gasteiger partial charge in [0.05, 0.1) is 27.2 Å². The molecule has 1 atom stereocenters. The highest BCUT2D eigenvalue weighted by atomic mass is 16.5. The molecule has 0 fully saturated rings. The van der Waals surface area contributed by atoms with Crippen LogP contribution in [0.15, 0.2) is 0 Å². The molecule has 0 heterocycles. The molecule has 0 aliphatic rings. The van der Waals surface area contributed by atoms with Crippen molar-refractivity contribution in [2.45, 2.75) is 136 Å². The van der Waals surface area contributed by atoms with Crippen LogP contribution in [0, 0.1) is 0 Å². The summed E-state index contributed by atoms with van der Waals surface area (Å²) in [6.45, 7) is 7.80. The molecule has 5 heteroatoms. The van der Waals surface area contributed by atoms with Gasteiger partial charge in [-0.2, -0.15) is 0 Å². The van der Waals surface area contributed by atoms with Gasteiger partial charge in [0.25, 0.3) is 0 Å². The molecule has 0 rings (SSSR count). The second-order valence-corrected chi connectivity index (χ2v) is 11.0. The SMILES string of the molecule is CCCCCCCCCCCCCCCCCC(=O)NCCC[N+](C)(C)CC(O)COCCC. The van der Waals surface area contributed by atoms with Crippen LogP contribution in [0.3, 0.4) is 0 Å². The largest absolute Gasteiger partial charge is 0.385 e. The summed E-state index contributed by atoms with van der Waals surface area (Å²) >= 11 is 0. The average Bonchev–Trinajstić information content (AvgIpc) is 2.79. The van der Waals surface area contributed by atoms with Gasteiger partial charge in [0.15, 0.2) is 0 Å². The van der Waals surface area contributed by atoms with Gasteiger partial charge in [0, 0.05) is 26.0 Å². The Labute approximate surface area is 213 Å². The first kappa shape index (κ1) is 33.4. The van der Waals surface area contributed by atoms with E-state index in [9.17, 15) is 9.90 Å². The summed E-state index contributed by atoms with van der Waals surface area (Å²) in [5.41, 5.74) is 0. The topological polar surface area (TPSA) is 58.6 Å². The summed E-state index contributed by atoms with van der Waals surface area (Å²) in [6.07, 6.45) is 22.4. The summed E-state index contributed by atoms with van der Waals surface area (Å²) in [6, 6.07) is 0. The predicted octanol–water partition coefficient (Wildman–Crippen LogP) is 6.62. The zero-order chi connectivity index (χ0) is 25.3. The number of aliphatic hydroxyl groups excluding tert-OH is 1. The first-order valence-electron chi connectivity index (χ1n) is 14.8. The van der Waals surface area contributed by atoms with Gasteiger partial charge in [-0.25, -0.2) is 0 Å².